The Morgan fingerprint density at radius 3 is 1.86 bits per heavy atom. The summed E-state index contributed by atoms with van der Waals surface area (Å²) in [5, 5.41) is 2.06. The maximum Gasteiger partial charge on any atom is 0.335 e. The lowest BCUT2D eigenvalue weighted by Crippen LogP contribution is -2.36. The molecular formula is C13H16N6O8S2. The number of hydrogen-bond donors (Lipinski definition) is 3. The monoisotopic (exact) mass is 448 g/mol. The fourth-order valence-electron chi connectivity index (χ4n) is 1.93. The number of rotatable bonds is 8. The molecule has 1 aromatic heterocycles. The van der Waals surface area contributed by atoms with Gasteiger partial charge in [-0.15, -0.1) is 4.98 Å². The van der Waals surface area contributed by atoms with Crippen LogP contribution in [0.15, 0.2) is 34.1 Å². The van der Waals surface area contributed by atoms with E-state index >= 15 is 0 Å². The topological polar surface area (TPSA) is 188 Å². The number of amides is 2. The van der Waals surface area contributed by atoms with Crippen molar-refractivity contribution in [3.8, 4) is 12.0 Å². The average Bonchev–Trinajstić information content (AvgIpc) is 2.67. The summed E-state index contributed by atoms with van der Waals surface area (Å²) >= 11 is 0. The first kappa shape index (κ1) is 22.2. The van der Waals surface area contributed by atoms with E-state index < -0.39 is 35.9 Å². The molecule has 14 nitrogen and oxygen atoms in total. The molecule has 0 unspecified atom stereocenters. The molecule has 0 radical (unpaired) electrons. The van der Waals surface area contributed by atoms with E-state index in [0.717, 1.165) is 19.2 Å². The number of methoxy groups -OCH3 is 2. The smallest absolute Gasteiger partial charge is 0.335 e. The lowest BCUT2D eigenvalue weighted by molar-refractivity contribution is 0.153. The number of anilines is 1. The highest BCUT2D eigenvalue weighted by Crippen LogP contribution is 2.20. The largest absolute Gasteiger partial charge is 0.467 e. The third-order valence-electron chi connectivity index (χ3n) is 3.03. The van der Waals surface area contributed by atoms with E-state index in [1.54, 1.807) is 9.61 Å². The predicted molar refractivity (Wildman–Crippen MR) is 96.0 cm³/mol. The molecule has 0 atom stereocenters. The number of nitrogens with one attached hydrogen (secondary N) is 3. The van der Waals surface area contributed by atoms with Crippen molar-refractivity contribution < 1.29 is 35.9 Å². The quantitative estimate of drug-likeness (QED) is 0.431. The van der Waals surface area contributed by atoms with Crippen LogP contribution < -0.4 is 24.4 Å². The highest BCUT2D eigenvalue weighted by atomic mass is 32.2. The summed E-state index contributed by atoms with van der Waals surface area (Å²) in [6.45, 7) is 0. The van der Waals surface area contributed by atoms with Gasteiger partial charge in [-0.2, -0.15) is 9.97 Å². The van der Waals surface area contributed by atoms with Crippen LogP contribution in [0.3, 0.4) is 0 Å². The number of carbonyl (C=O) groups is 1. The van der Waals surface area contributed by atoms with Crippen molar-refractivity contribution in [3.05, 3.63) is 24.3 Å². The minimum Gasteiger partial charge on any atom is -0.467 e. The van der Waals surface area contributed by atoms with E-state index in [-0.39, 0.29) is 18.0 Å². The van der Waals surface area contributed by atoms with Crippen molar-refractivity contribution in [2.24, 2.45) is 0 Å². The van der Waals surface area contributed by atoms with Crippen molar-refractivity contribution in [3.63, 3.8) is 0 Å². The van der Waals surface area contributed by atoms with E-state index in [4.69, 9.17) is 9.47 Å². The van der Waals surface area contributed by atoms with E-state index in [1.165, 1.54) is 26.4 Å². The number of ether oxygens (including phenoxy) is 2. The Morgan fingerprint density at radius 1 is 0.862 bits per heavy atom. The Kier molecular flexibility index (Phi) is 6.85. The van der Waals surface area contributed by atoms with Crippen molar-refractivity contribution >= 4 is 32.0 Å². The van der Waals surface area contributed by atoms with Gasteiger partial charge in [-0.25, -0.2) is 26.4 Å². The van der Waals surface area contributed by atoms with Crippen molar-refractivity contribution in [1.82, 2.24) is 24.6 Å². The zero-order valence-corrected chi connectivity index (χ0v) is 16.9. The average molecular weight is 448 g/mol. The van der Waals surface area contributed by atoms with Crippen LogP contribution in [0, 0.1) is 0 Å². The SMILES string of the molecule is CONS(=O)(=O)c1ccccc1S(=O)(=O)NC(=O)Nc1nc(OC)nc(OC)n1. The summed E-state index contributed by atoms with van der Waals surface area (Å²) < 4.78 is 60.6. The van der Waals surface area contributed by atoms with Gasteiger partial charge in [0.05, 0.1) is 21.3 Å². The molecular weight excluding hydrogens is 432 g/mol. The van der Waals surface area contributed by atoms with Gasteiger partial charge < -0.3 is 9.47 Å². The molecule has 0 saturated carbocycles. The van der Waals surface area contributed by atoms with Crippen molar-refractivity contribution in [2.75, 3.05) is 26.6 Å². The van der Waals surface area contributed by atoms with Gasteiger partial charge in [0.2, 0.25) is 5.95 Å². The maximum atomic E-state index is 12.5. The maximum absolute atomic E-state index is 12.5. The Labute approximate surface area is 165 Å². The van der Waals surface area contributed by atoms with E-state index in [2.05, 4.69) is 25.1 Å². The molecule has 29 heavy (non-hydrogen) atoms. The molecule has 0 spiro atoms. The zero-order valence-electron chi connectivity index (χ0n) is 15.2. The van der Waals surface area contributed by atoms with E-state index in [1.807, 2.05) is 0 Å². The van der Waals surface area contributed by atoms with Gasteiger partial charge in [-0.1, -0.05) is 17.0 Å². The molecule has 0 aliphatic heterocycles. The van der Waals surface area contributed by atoms with Gasteiger partial charge in [0.25, 0.3) is 20.0 Å². The fraction of sp³-hybridized carbons (Fsp3) is 0.231. The third kappa shape index (κ3) is 5.47. The van der Waals surface area contributed by atoms with Crippen LogP contribution in [0.4, 0.5) is 10.7 Å². The van der Waals surface area contributed by atoms with E-state index in [0.29, 0.717) is 0 Å². The Bertz CT molecular complexity index is 1080. The lowest BCUT2D eigenvalue weighted by Gasteiger charge is -2.12. The van der Waals surface area contributed by atoms with Gasteiger partial charge in [-0.3, -0.25) is 10.2 Å². The molecule has 2 rings (SSSR count). The molecule has 0 aliphatic carbocycles. The highest BCUT2D eigenvalue weighted by Gasteiger charge is 2.28. The number of nitrogens with zero attached hydrogens (tertiary/aromatic N) is 3. The summed E-state index contributed by atoms with van der Waals surface area (Å²) in [6, 6.07) is 2.93. The van der Waals surface area contributed by atoms with Crippen LogP contribution in [-0.2, 0) is 24.9 Å². The second-order valence-corrected chi connectivity index (χ2v) is 8.19. The van der Waals surface area contributed by atoms with Crippen molar-refractivity contribution in [2.45, 2.75) is 9.79 Å². The highest BCUT2D eigenvalue weighted by molar-refractivity contribution is 7.92. The summed E-state index contributed by atoms with van der Waals surface area (Å²) in [6.07, 6.45) is 0. The Hall–Kier alpha value is -3.08. The van der Waals surface area contributed by atoms with Gasteiger partial charge in [0.1, 0.15) is 9.79 Å². The second kappa shape index (κ2) is 8.95. The molecule has 0 fully saturated rings. The standard InChI is InChI=1S/C13H16N6O8S2/c1-25-12-15-10(16-13(17-12)26-2)14-11(20)18-28(21,22)8-6-4-5-7-9(8)29(23,24)19-27-3/h4-7,19H,1-3H3,(H2,14,15,16,17,18,20). The van der Waals surface area contributed by atoms with Crippen LogP contribution in [0.25, 0.3) is 0 Å². The van der Waals surface area contributed by atoms with Gasteiger partial charge in [0.15, 0.2) is 0 Å². The summed E-state index contributed by atoms with van der Waals surface area (Å²) in [5.74, 6) is -0.372. The molecule has 0 bridgehead atoms. The number of hydrogen-bond acceptors (Lipinski definition) is 11. The minimum absolute atomic E-state index is 0.197. The number of carbonyl (C=O) groups excluding carboxylic acids is 1. The molecule has 16 heteroatoms. The lowest BCUT2D eigenvalue weighted by atomic mass is 10.4. The van der Waals surface area contributed by atoms with Crippen LogP contribution in [0.1, 0.15) is 0 Å². The molecule has 2 aromatic rings. The molecule has 0 saturated heterocycles. The molecule has 3 N–H and O–H groups in total. The molecule has 158 valence electrons. The molecule has 1 aromatic carbocycles. The first-order chi connectivity index (χ1) is 13.6. The first-order valence-electron chi connectivity index (χ1n) is 7.44. The number of sulfonamides is 2. The summed E-state index contributed by atoms with van der Waals surface area (Å²) in [7, 11) is -5.38. The van der Waals surface area contributed by atoms with Gasteiger partial charge in [-0.05, 0) is 12.1 Å². The van der Waals surface area contributed by atoms with Crippen LogP contribution in [-0.4, -0.2) is 59.1 Å². The fourth-order valence-corrected chi connectivity index (χ4v) is 4.48. The van der Waals surface area contributed by atoms with Crippen LogP contribution in [0.2, 0.25) is 0 Å². The van der Waals surface area contributed by atoms with Gasteiger partial charge in [0, 0.05) is 0 Å². The first-order valence-corrected chi connectivity index (χ1v) is 10.4. The number of aromatic nitrogens is 3. The number of benzene rings is 1. The van der Waals surface area contributed by atoms with Gasteiger partial charge >= 0.3 is 18.1 Å². The molecule has 1 heterocycles. The minimum atomic E-state index is -4.61. The third-order valence-corrected chi connectivity index (χ3v) is 5.87. The Balaban J connectivity index is 2.30. The molecule has 2 amide bonds. The number of urea groups is 1. The van der Waals surface area contributed by atoms with Crippen molar-refractivity contribution in [1.29, 1.82) is 0 Å². The summed E-state index contributed by atoms with van der Waals surface area (Å²) in [4.78, 5) is 28.0. The van der Waals surface area contributed by atoms with Crippen LogP contribution in [0.5, 0.6) is 12.0 Å². The summed E-state index contributed by atoms with van der Waals surface area (Å²) in [5.41, 5.74) is 0. The Morgan fingerprint density at radius 2 is 1.38 bits per heavy atom. The zero-order chi connectivity index (χ0) is 21.7. The van der Waals surface area contributed by atoms with E-state index in [9.17, 15) is 21.6 Å². The predicted octanol–water partition coefficient (Wildman–Crippen LogP) is -0.761. The molecule has 0 aliphatic rings. The van der Waals surface area contributed by atoms with Crippen LogP contribution >= 0.6 is 0 Å². The normalized spacial score (nSPS) is 11.6. The second-order valence-electron chi connectivity index (χ2n) is 4.93.